The molecule has 1 aromatic carbocycles. The highest BCUT2D eigenvalue weighted by molar-refractivity contribution is 5.95. The van der Waals surface area contributed by atoms with Gasteiger partial charge in [-0.2, -0.15) is 0 Å². The van der Waals surface area contributed by atoms with E-state index in [1.165, 1.54) is 0 Å². The van der Waals surface area contributed by atoms with Gasteiger partial charge in [0, 0.05) is 23.5 Å². The number of rotatable bonds is 14. The number of hydrogen-bond acceptors (Lipinski definition) is 5. The van der Waals surface area contributed by atoms with Gasteiger partial charge < -0.3 is 31.8 Å². The molecule has 0 aliphatic heterocycles. The van der Waals surface area contributed by atoms with Crippen molar-refractivity contribution in [1.29, 1.82) is 0 Å². The van der Waals surface area contributed by atoms with E-state index in [2.05, 4.69) is 20.9 Å². The van der Waals surface area contributed by atoms with Crippen molar-refractivity contribution in [3.8, 4) is 0 Å². The Kier molecular flexibility index (Phi) is 11.3. The summed E-state index contributed by atoms with van der Waals surface area (Å²) in [4.78, 5) is 54.4. The summed E-state index contributed by atoms with van der Waals surface area (Å²) in [7, 11) is 0. The minimum atomic E-state index is -1.13. The van der Waals surface area contributed by atoms with Crippen LogP contribution < -0.4 is 21.7 Å². The van der Waals surface area contributed by atoms with Crippen molar-refractivity contribution in [3.05, 3.63) is 36.0 Å². The van der Waals surface area contributed by atoms with E-state index in [0.29, 0.717) is 6.42 Å². The third-order valence-corrected chi connectivity index (χ3v) is 6.86. The molecule has 7 N–H and O–H groups in total. The fourth-order valence-corrected chi connectivity index (χ4v) is 4.25. The van der Waals surface area contributed by atoms with E-state index in [1.807, 2.05) is 52.0 Å². The number of H-pyrrole nitrogens is 1. The number of nitrogens with one attached hydrogen (secondary N) is 4. The maximum atomic E-state index is 13.5. The summed E-state index contributed by atoms with van der Waals surface area (Å²) in [5, 5.41) is 18.6. The third kappa shape index (κ3) is 8.31. The number of aromatic nitrogens is 1. The zero-order chi connectivity index (χ0) is 28.6. The zero-order valence-electron chi connectivity index (χ0n) is 23.2. The van der Waals surface area contributed by atoms with Crippen LogP contribution in [0.5, 0.6) is 0 Å². The van der Waals surface area contributed by atoms with Crippen LogP contribution in [0.15, 0.2) is 30.5 Å². The number of benzene rings is 1. The Morgan fingerprint density at radius 3 is 2.13 bits per heavy atom. The molecule has 0 saturated heterocycles. The number of carbonyl (C=O) groups is 4. The topological polar surface area (TPSA) is 166 Å². The first-order chi connectivity index (χ1) is 17.8. The number of amides is 3. The molecular weight excluding hydrogens is 486 g/mol. The lowest BCUT2D eigenvalue weighted by molar-refractivity contribution is -0.143. The van der Waals surface area contributed by atoms with Gasteiger partial charge in [-0.15, -0.1) is 0 Å². The number of fused-ring (bicyclic) bond motifs is 1. The zero-order valence-corrected chi connectivity index (χ0v) is 23.2. The van der Waals surface area contributed by atoms with Crippen LogP contribution in [0, 0.1) is 17.8 Å². The van der Waals surface area contributed by atoms with Gasteiger partial charge in [-0.3, -0.25) is 14.4 Å². The molecule has 38 heavy (non-hydrogen) atoms. The van der Waals surface area contributed by atoms with E-state index in [0.717, 1.165) is 16.5 Å². The number of hydrogen-bond donors (Lipinski definition) is 6. The molecule has 2 aromatic rings. The average molecular weight is 530 g/mol. The fourth-order valence-electron chi connectivity index (χ4n) is 4.25. The van der Waals surface area contributed by atoms with Crippen molar-refractivity contribution in [2.24, 2.45) is 23.5 Å². The van der Waals surface area contributed by atoms with Gasteiger partial charge in [-0.25, -0.2) is 4.79 Å². The van der Waals surface area contributed by atoms with Gasteiger partial charge in [0.1, 0.15) is 18.1 Å². The summed E-state index contributed by atoms with van der Waals surface area (Å²) in [6, 6.07) is 3.76. The molecule has 0 aliphatic carbocycles. The molecule has 0 saturated carbocycles. The second-order valence-corrected chi connectivity index (χ2v) is 10.8. The van der Waals surface area contributed by atoms with Gasteiger partial charge in [-0.05, 0) is 35.8 Å². The van der Waals surface area contributed by atoms with E-state index in [9.17, 15) is 24.3 Å². The molecule has 0 radical (unpaired) electrons. The van der Waals surface area contributed by atoms with Crippen LogP contribution in [0.25, 0.3) is 10.9 Å². The number of aliphatic carboxylic acids is 1. The predicted molar refractivity (Wildman–Crippen MR) is 147 cm³/mol. The lowest BCUT2D eigenvalue weighted by Gasteiger charge is -2.28. The van der Waals surface area contributed by atoms with Crippen molar-refractivity contribution in [2.75, 3.05) is 0 Å². The standard InChI is InChI=1S/C28H43N5O5/c1-7-17(6)23(29)26(35)31-21(13-18-14-30-20-11-9-8-10-19(18)20)25(34)33-24(16(4)5)27(36)32-22(28(37)38)12-15(2)3/h8-11,14-17,21-24,30H,7,12-13,29H2,1-6H3,(H,31,35)(H,32,36)(H,33,34)(H,37,38). The molecule has 2 rings (SSSR count). The summed E-state index contributed by atoms with van der Waals surface area (Å²) in [6.07, 6.45) is 2.92. The van der Waals surface area contributed by atoms with E-state index in [-0.39, 0.29) is 30.6 Å². The molecule has 5 atom stereocenters. The summed E-state index contributed by atoms with van der Waals surface area (Å²) in [6.45, 7) is 11.1. The fraction of sp³-hybridized carbons (Fsp3) is 0.571. The number of para-hydroxylation sites is 1. The maximum absolute atomic E-state index is 13.5. The monoisotopic (exact) mass is 529 g/mol. The number of carbonyl (C=O) groups excluding carboxylic acids is 3. The van der Waals surface area contributed by atoms with Crippen molar-refractivity contribution in [2.45, 2.75) is 85.0 Å². The molecule has 10 heteroatoms. The Balaban J connectivity index is 2.29. The number of carboxylic acids is 1. The Labute approximate surface area is 224 Å². The Morgan fingerprint density at radius 2 is 1.55 bits per heavy atom. The van der Waals surface area contributed by atoms with Crippen molar-refractivity contribution < 1.29 is 24.3 Å². The van der Waals surface area contributed by atoms with Gasteiger partial charge in [0.2, 0.25) is 17.7 Å². The molecule has 10 nitrogen and oxygen atoms in total. The minimum absolute atomic E-state index is 0.0500. The maximum Gasteiger partial charge on any atom is 0.326 e. The largest absolute Gasteiger partial charge is 0.480 e. The van der Waals surface area contributed by atoms with Crippen LogP contribution in [0.4, 0.5) is 0 Å². The van der Waals surface area contributed by atoms with Gasteiger partial charge in [0.05, 0.1) is 6.04 Å². The molecule has 0 bridgehead atoms. The highest BCUT2D eigenvalue weighted by atomic mass is 16.4. The number of nitrogens with two attached hydrogens (primary N) is 1. The van der Waals surface area contributed by atoms with Crippen molar-refractivity contribution in [1.82, 2.24) is 20.9 Å². The second kappa shape index (κ2) is 13.9. The molecule has 210 valence electrons. The first-order valence-electron chi connectivity index (χ1n) is 13.3. The van der Waals surface area contributed by atoms with Gasteiger partial charge in [0.25, 0.3) is 0 Å². The highest BCUT2D eigenvalue weighted by Crippen LogP contribution is 2.20. The van der Waals surface area contributed by atoms with Crippen LogP contribution in [-0.2, 0) is 25.6 Å². The van der Waals surface area contributed by atoms with E-state index in [4.69, 9.17) is 5.73 Å². The minimum Gasteiger partial charge on any atom is -0.480 e. The Bertz CT molecular complexity index is 1110. The van der Waals surface area contributed by atoms with Crippen LogP contribution in [0.2, 0.25) is 0 Å². The smallest absolute Gasteiger partial charge is 0.326 e. The summed E-state index contributed by atoms with van der Waals surface area (Å²) < 4.78 is 0. The first-order valence-corrected chi connectivity index (χ1v) is 13.3. The summed E-state index contributed by atoms with van der Waals surface area (Å²) in [5.74, 6) is -3.10. The van der Waals surface area contributed by atoms with Crippen LogP contribution in [0.3, 0.4) is 0 Å². The van der Waals surface area contributed by atoms with Gasteiger partial charge in [0.15, 0.2) is 0 Å². The second-order valence-electron chi connectivity index (χ2n) is 10.8. The van der Waals surface area contributed by atoms with Gasteiger partial charge >= 0.3 is 5.97 Å². The summed E-state index contributed by atoms with van der Waals surface area (Å²) in [5.41, 5.74) is 7.86. The van der Waals surface area contributed by atoms with Crippen molar-refractivity contribution in [3.63, 3.8) is 0 Å². The number of carboxylic acid groups (broad SMARTS) is 1. The molecule has 0 fully saturated rings. The average Bonchev–Trinajstić information content (AvgIpc) is 3.27. The molecule has 1 aromatic heterocycles. The molecule has 1 heterocycles. The highest BCUT2D eigenvalue weighted by Gasteiger charge is 2.33. The molecular formula is C28H43N5O5. The Hall–Kier alpha value is -3.40. The normalized spacial score (nSPS) is 15.5. The number of aromatic amines is 1. The lowest BCUT2D eigenvalue weighted by Crippen LogP contribution is -2.59. The molecule has 3 amide bonds. The van der Waals surface area contributed by atoms with Gasteiger partial charge in [-0.1, -0.05) is 66.2 Å². The first kappa shape index (κ1) is 30.8. The van der Waals surface area contributed by atoms with Crippen LogP contribution in [0.1, 0.15) is 59.9 Å². The lowest BCUT2D eigenvalue weighted by atomic mass is 9.97. The van der Waals surface area contributed by atoms with Crippen LogP contribution in [-0.4, -0.2) is 57.9 Å². The quantitative estimate of drug-likeness (QED) is 0.220. The van der Waals surface area contributed by atoms with E-state index in [1.54, 1.807) is 20.0 Å². The summed E-state index contributed by atoms with van der Waals surface area (Å²) >= 11 is 0. The van der Waals surface area contributed by atoms with Crippen molar-refractivity contribution >= 4 is 34.6 Å². The molecule has 5 unspecified atom stereocenters. The van der Waals surface area contributed by atoms with Crippen LogP contribution >= 0.6 is 0 Å². The molecule has 0 spiro atoms. The third-order valence-electron chi connectivity index (χ3n) is 6.86. The van der Waals surface area contributed by atoms with E-state index >= 15 is 0 Å². The SMILES string of the molecule is CCC(C)C(N)C(=O)NC(Cc1c[nH]c2ccccc12)C(=O)NC(C(=O)NC(CC(C)C)C(=O)O)C(C)C. The van der Waals surface area contributed by atoms with E-state index < -0.39 is 47.9 Å². The molecule has 0 aliphatic rings. The Morgan fingerprint density at radius 1 is 0.921 bits per heavy atom. The predicted octanol–water partition coefficient (Wildman–Crippen LogP) is 2.32.